The lowest BCUT2D eigenvalue weighted by atomic mass is 9.76. The second-order valence-electron chi connectivity index (χ2n) is 16.5. The van der Waals surface area contributed by atoms with Crippen molar-refractivity contribution in [2.24, 2.45) is 0 Å². The molecule has 14 nitrogen and oxygen atoms in total. The minimum absolute atomic E-state index is 0.0251. The first-order chi connectivity index (χ1) is 29.6. The normalized spacial score (nSPS) is 18.6. The van der Waals surface area contributed by atoms with E-state index in [1.54, 1.807) is 13.2 Å². The molecular weight excluding hydrogens is 869 g/mol. The molecule has 0 spiro atoms. The smallest absolute Gasteiger partial charge is 0.303 e. The maximum Gasteiger partial charge on any atom is 0.303 e. The number of ether oxygens (including phenoxy) is 1. The van der Waals surface area contributed by atoms with Crippen LogP contribution in [0.4, 0.5) is 11.4 Å². The van der Waals surface area contributed by atoms with Gasteiger partial charge in [0.05, 0.1) is 22.7 Å². The highest BCUT2D eigenvalue weighted by atomic mass is 32.2. The number of carboxylic acids is 1. The molecule has 4 aromatic carbocycles. The number of fused-ring (bicyclic) bond motifs is 6. The maximum atomic E-state index is 12.5. The molecule has 17 heteroatoms. The van der Waals surface area contributed by atoms with Crippen LogP contribution in [0.1, 0.15) is 70.4 Å². The lowest BCUT2D eigenvalue weighted by Gasteiger charge is -2.30. The van der Waals surface area contributed by atoms with Crippen LogP contribution < -0.4 is 4.90 Å². The van der Waals surface area contributed by atoms with E-state index in [1.807, 2.05) is 79.2 Å². The topological polar surface area (TPSA) is 216 Å². The van der Waals surface area contributed by atoms with Gasteiger partial charge in [-0.15, -0.1) is 0 Å². The molecule has 4 N–H and O–H groups in total. The summed E-state index contributed by atoms with van der Waals surface area (Å²) >= 11 is 0. The molecule has 1 unspecified atom stereocenters. The summed E-state index contributed by atoms with van der Waals surface area (Å²) in [4.78, 5) is 12.0. The van der Waals surface area contributed by atoms with E-state index in [4.69, 9.17) is 9.84 Å². The number of carboxylic acid groups (broad SMARTS) is 1. The molecule has 0 radical (unpaired) electrons. The first-order valence-electron chi connectivity index (χ1n) is 20.5. The van der Waals surface area contributed by atoms with Crippen LogP contribution in [0.2, 0.25) is 0 Å². The first-order valence-corrected chi connectivity index (χ1v) is 25.0. The molecule has 2 aliphatic heterocycles. The van der Waals surface area contributed by atoms with Crippen LogP contribution in [0.5, 0.6) is 0 Å². The molecule has 0 aliphatic carbocycles. The fourth-order valence-corrected chi connectivity index (χ4v) is 11.0. The molecule has 0 saturated heterocycles. The van der Waals surface area contributed by atoms with Crippen LogP contribution in [-0.4, -0.2) is 92.8 Å². The van der Waals surface area contributed by atoms with Crippen LogP contribution >= 0.6 is 0 Å². The summed E-state index contributed by atoms with van der Waals surface area (Å²) in [5, 5.41) is 11.6. The van der Waals surface area contributed by atoms with E-state index < -0.39 is 56.9 Å². The highest BCUT2D eigenvalue weighted by Crippen LogP contribution is 2.53. The number of allylic oxidation sites excluding steroid dienone is 8. The van der Waals surface area contributed by atoms with Gasteiger partial charge in [-0.2, -0.15) is 29.8 Å². The molecular formula is C46H53N2O12S3+. The van der Waals surface area contributed by atoms with E-state index >= 15 is 0 Å². The summed E-state index contributed by atoms with van der Waals surface area (Å²) in [7, 11) is -12.3. The van der Waals surface area contributed by atoms with Crippen molar-refractivity contribution >= 4 is 75.0 Å². The summed E-state index contributed by atoms with van der Waals surface area (Å²) in [5.74, 6) is -1.25. The number of rotatable bonds is 19. The van der Waals surface area contributed by atoms with Crippen molar-refractivity contribution in [1.82, 2.24) is 0 Å². The van der Waals surface area contributed by atoms with Gasteiger partial charge in [-0.1, -0.05) is 60.7 Å². The molecule has 336 valence electrons. The van der Waals surface area contributed by atoms with Gasteiger partial charge in [-0.3, -0.25) is 18.5 Å². The van der Waals surface area contributed by atoms with Crippen LogP contribution in [0.3, 0.4) is 0 Å². The molecule has 1 atom stereocenters. The lowest BCUT2D eigenvalue weighted by molar-refractivity contribution is -0.438. The third kappa shape index (κ3) is 10.2. The van der Waals surface area contributed by atoms with Crippen LogP contribution in [-0.2, 0) is 50.7 Å². The molecule has 4 aromatic rings. The number of unbranched alkanes of at least 4 members (excludes halogenated alkanes) is 2. The number of methoxy groups -OCH3 is 1. The standard InChI is InChI=1S/C46H52N2O12S3/c1-45(2)40(47(26-14-8-11-20-42(49)50)37-24-22-35-36(43(37)45)30-33(62(54,55)56)31-39(35)63(57,58)59)18-9-6-5-7-10-19-41-46(3,25-15-29-61(51,52)53)44-34-17-13-12-16-32(34)21-23-38(44)48(41)27-28-60-4/h5-7,9-10,12-13,16-19,21-24,30-31H,8,11,14-15,20,25-29H2,1-4H3,(H3-,49,50,51,52,53,54,55,56,57,58,59)/p+1. The Balaban J connectivity index is 1.36. The number of carbonyl (C=O) groups is 1. The Labute approximate surface area is 368 Å². The average Bonchev–Trinajstić information content (AvgIpc) is 3.57. The van der Waals surface area contributed by atoms with E-state index in [9.17, 15) is 43.7 Å². The largest absolute Gasteiger partial charge is 0.481 e. The Bertz CT molecular complexity index is 2950. The summed E-state index contributed by atoms with van der Waals surface area (Å²) < 4.78 is 111. The minimum atomic E-state index is -4.92. The monoisotopic (exact) mass is 921 g/mol. The van der Waals surface area contributed by atoms with Crippen LogP contribution in [0.25, 0.3) is 21.5 Å². The van der Waals surface area contributed by atoms with E-state index in [1.165, 1.54) is 12.1 Å². The fourth-order valence-electron chi connectivity index (χ4n) is 9.13. The van der Waals surface area contributed by atoms with E-state index in [0.29, 0.717) is 56.6 Å². The van der Waals surface area contributed by atoms with Gasteiger partial charge in [0.2, 0.25) is 5.69 Å². The first kappa shape index (κ1) is 47.5. The van der Waals surface area contributed by atoms with Crippen LogP contribution in [0, 0.1) is 0 Å². The number of hydrogen-bond acceptors (Lipinski definition) is 9. The van der Waals surface area contributed by atoms with Crippen molar-refractivity contribution in [3.05, 3.63) is 120 Å². The van der Waals surface area contributed by atoms with Gasteiger partial charge in [-0.25, -0.2) is 0 Å². The predicted molar refractivity (Wildman–Crippen MR) is 244 cm³/mol. The number of hydrogen-bond donors (Lipinski definition) is 4. The molecule has 0 amide bonds. The van der Waals surface area contributed by atoms with Gasteiger partial charge in [-0.05, 0) is 98.5 Å². The Morgan fingerprint density at radius 2 is 1.49 bits per heavy atom. The molecule has 0 aromatic heterocycles. The number of nitrogens with zero attached hydrogens (tertiary/aromatic N) is 2. The van der Waals surface area contributed by atoms with E-state index in [-0.39, 0.29) is 29.4 Å². The van der Waals surface area contributed by atoms with Crippen LogP contribution in [0.15, 0.2) is 119 Å². The van der Waals surface area contributed by atoms with Crippen molar-refractivity contribution in [3.63, 3.8) is 0 Å². The summed E-state index contributed by atoms with van der Waals surface area (Å²) in [6.45, 7) is 7.36. The van der Waals surface area contributed by atoms with Gasteiger partial charge < -0.3 is 14.7 Å². The number of anilines is 1. The Morgan fingerprint density at radius 1 is 0.778 bits per heavy atom. The van der Waals surface area contributed by atoms with Crippen molar-refractivity contribution in [3.8, 4) is 0 Å². The number of benzene rings is 4. The lowest BCUT2D eigenvalue weighted by Crippen LogP contribution is -2.31. The summed E-state index contributed by atoms with van der Waals surface area (Å²) in [6.07, 6.45) is 15.6. The van der Waals surface area contributed by atoms with Gasteiger partial charge in [0.25, 0.3) is 30.4 Å². The maximum absolute atomic E-state index is 12.5. The molecule has 0 fully saturated rings. The molecule has 2 aliphatic rings. The van der Waals surface area contributed by atoms with Crippen molar-refractivity contribution in [2.75, 3.05) is 37.5 Å². The SMILES string of the molecule is COCCN1/C(=C/C=C/C=C/C=C/C2=[N+](CCCCCC(=O)O)c3ccc4c(S(=O)(=O)O)cc(S(=O)(=O)O)cc4c3C2(C)C)C(C)(CCCS(=O)(=O)O)c2c1ccc1ccccc21. The van der Waals surface area contributed by atoms with Gasteiger partial charge in [0.1, 0.15) is 11.4 Å². The Kier molecular flexibility index (Phi) is 14.0. The molecule has 6 rings (SSSR count). The molecule has 0 saturated carbocycles. The van der Waals surface area contributed by atoms with Crippen molar-refractivity contribution < 1.29 is 58.1 Å². The predicted octanol–water partition coefficient (Wildman–Crippen LogP) is 8.15. The third-order valence-corrected chi connectivity index (χ3v) is 14.4. The Morgan fingerprint density at radius 3 is 2.17 bits per heavy atom. The van der Waals surface area contributed by atoms with Gasteiger partial charge in [0, 0.05) is 66.4 Å². The van der Waals surface area contributed by atoms with E-state index in [2.05, 4.69) is 30.0 Å². The molecule has 63 heavy (non-hydrogen) atoms. The summed E-state index contributed by atoms with van der Waals surface area (Å²) in [6, 6.07) is 17.3. The zero-order valence-corrected chi connectivity index (χ0v) is 38.0. The highest BCUT2D eigenvalue weighted by Gasteiger charge is 2.47. The second-order valence-corrected chi connectivity index (χ2v) is 20.9. The minimum Gasteiger partial charge on any atom is -0.481 e. The average molecular weight is 922 g/mol. The summed E-state index contributed by atoms with van der Waals surface area (Å²) in [5.41, 5.74) is 3.58. The van der Waals surface area contributed by atoms with Gasteiger partial charge in [0.15, 0.2) is 5.71 Å². The molecule has 0 bridgehead atoms. The highest BCUT2D eigenvalue weighted by molar-refractivity contribution is 7.87. The quantitative estimate of drug-likeness (QED) is 0.0303. The van der Waals surface area contributed by atoms with Crippen molar-refractivity contribution in [2.45, 2.75) is 79.9 Å². The second kappa shape index (κ2) is 18.6. The van der Waals surface area contributed by atoms with Gasteiger partial charge >= 0.3 is 5.97 Å². The number of aliphatic carboxylic acids is 1. The Hall–Kier alpha value is -5.01. The zero-order chi connectivity index (χ0) is 46.0. The van der Waals surface area contributed by atoms with E-state index in [0.717, 1.165) is 39.5 Å². The molecule has 2 heterocycles. The third-order valence-electron chi connectivity index (χ3n) is 11.9. The fraction of sp³-hybridized carbons (Fsp3) is 0.348. The van der Waals surface area contributed by atoms with Crippen molar-refractivity contribution in [1.29, 1.82) is 0 Å². The zero-order valence-electron chi connectivity index (χ0n) is 35.6.